The van der Waals surface area contributed by atoms with E-state index in [0.717, 1.165) is 33.5 Å². The number of benzene rings is 5. The molecule has 0 radical (unpaired) electrons. The summed E-state index contributed by atoms with van der Waals surface area (Å²) in [6.45, 7) is 17.9. The zero-order chi connectivity index (χ0) is 33.1. The van der Waals surface area contributed by atoms with Crippen LogP contribution in [0.25, 0.3) is 66.6 Å². The number of pyridine rings is 1. The normalized spacial score (nSPS) is 12.3. The van der Waals surface area contributed by atoms with Crippen LogP contribution in [0.1, 0.15) is 63.8 Å². The number of fused-ring (bicyclic) bond motifs is 3. The summed E-state index contributed by atoms with van der Waals surface area (Å²) in [5.41, 5.74) is 16.6. The molecule has 0 fully saturated rings. The van der Waals surface area contributed by atoms with Gasteiger partial charge >= 0.3 is 0 Å². The predicted molar refractivity (Wildman–Crippen MR) is 202 cm³/mol. The van der Waals surface area contributed by atoms with Crippen LogP contribution in [0, 0.1) is 13.8 Å². The molecule has 0 unspecified atom stereocenters. The van der Waals surface area contributed by atoms with Gasteiger partial charge in [0.1, 0.15) is 0 Å². The molecule has 7 rings (SSSR count). The van der Waals surface area contributed by atoms with Gasteiger partial charge in [0.2, 0.25) is 0 Å². The maximum atomic E-state index is 5.33. The van der Waals surface area contributed by atoms with Crippen molar-refractivity contribution in [3.05, 3.63) is 138 Å². The molecule has 0 aliphatic carbocycles. The Morgan fingerprint density at radius 2 is 1.00 bits per heavy atom. The Hall–Kier alpha value is -4.95. The highest BCUT2D eigenvalue weighted by Gasteiger charge is 2.17. The first kappa shape index (κ1) is 30.7. The van der Waals surface area contributed by atoms with Gasteiger partial charge in [-0.15, -0.1) is 0 Å². The molecule has 0 amide bonds. The largest absolute Gasteiger partial charge is 0.354 e. The van der Waals surface area contributed by atoms with Crippen LogP contribution in [0.3, 0.4) is 0 Å². The number of aromatic nitrogens is 2. The summed E-state index contributed by atoms with van der Waals surface area (Å²) in [4.78, 5) is 9.04. The van der Waals surface area contributed by atoms with Crippen LogP contribution >= 0.6 is 0 Å². The molecule has 0 bridgehead atoms. The Morgan fingerprint density at radius 1 is 0.468 bits per heavy atom. The molecule has 2 aromatic heterocycles. The molecule has 1 N–H and O–H groups in total. The maximum Gasteiger partial charge on any atom is 0.0730 e. The quantitative estimate of drug-likeness (QED) is 0.210. The molecule has 7 aromatic rings. The number of aryl methyl sites for hydroxylation is 2. The summed E-state index contributed by atoms with van der Waals surface area (Å²) < 4.78 is 0. The Bertz CT molecular complexity index is 2170. The van der Waals surface area contributed by atoms with E-state index in [1.807, 2.05) is 0 Å². The number of hydrogen-bond acceptors (Lipinski definition) is 1. The summed E-state index contributed by atoms with van der Waals surface area (Å²) >= 11 is 0. The van der Waals surface area contributed by atoms with Crippen molar-refractivity contribution in [2.75, 3.05) is 0 Å². The van der Waals surface area contributed by atoms with Gasteiger partial charge in [-0.3, -0.25) is 0 Å². The molecule has 0 spiro atoms. The summed E-state index contributed by atoms with van der Waals surface area (Å²) in [7, 11) is 0. The second kappa shape index (κ2) is 11.4. The lowest BCUT2D eigenvalue weighted by atomic mass is 9.85. The third-order valence-corrected chi connectivity index (χ3v) is 9.43. The third kappa shape index (κ3) is 6.01. The van der Waals surface area contributed by atoms with E-state index in [0.29, 0.717) is 0 Å². The van der Waals surface area contributed by atoms with E-state index in [1.54, 1.807) is 0 Å². The second-order valence-corrected chi connectivity index (χ2v) is 15.3. The molecule has 0 atom stereocenters. The van der Waals surface area contributed by atoms with Crippen molar-refractivity contribution in [3.63, 3.8) is 0 Å². The summed E-state index contributed by atoms with van der Waals surface area (Å²) in [6.07, 6.45) is 0. The number of nitrogens with one attached hydrogen (secondary N) is 1. The first-order valence-electron chi connectivity index (χ1n) is 16.7. The lowest BCUT2D eigenvalue weighted by Crippen LogP contribution is -2.10. The highest BCUT2D eigenvalue weighted by atomic mass is 14.7. The number of rotatable bonds is 4. The van der Waals surface area contributed by atoms with E-state index in [9.17, 15) is 0 Å². The van der Waals surface area contributed by atoms with Gasteiger partial charge in [0.15, 0.2) is 0 Å². The smallest absolute Gasteiger partial charge is 0.0730 e. The molecular formula is C45H44N2. The number of hydrogen-bond donors (Lipinski definition) is 1. The fourth-order valence-corrected chi connectivity index (χ4v) is 6.64. The van der Waals surface area contributed by atoms with Crippen LogP contribution in [-0.4, -0.2) is 9.97 Å². The van der Waals surface area contributed by atoms with Crippen LogP contribution in [0.5, 0.6) is 0 Å². The van der Waals surface area contributed by atoms with Crippen LogP contribution in [0.2, 0.25) is 0 Å². The fraction of sp³-hybridized carbons (Fsp3) is 0.222. The molecule has 0 aliphatic rings. The Kier molecular flexibility index (Phi) is 7.43. The van der Waals surface area contributed by atoms with Crippen molar-refractivity contribution in [1.29, 1.82) is 0 Å². The van der Waals surface area contributed by atoms with Gasteiger partial charge in [0, 0.05) is 27.4 Å². The molecular weight excluding hydrogens is 569 g/mol. The van der Waals surface area contributed by atoms with Gasteiger partial charge in [-0.1, -0.05) is 108 Å². The number of H-pyrrole nitrogens is 1. The van der Waals surface area contributed by atoms with Crippen LogP contribution < -0.4 is 0 Å². The van der Waals surface area contributed by atoms with Gasteiger partial charge in [-0.2, -0.15) is 0 Å². The third-order valence-electron chi connectivity index (χ3n) is 9.43. The first-order chi connectivity index (χ1) is 22.3. The Morgan fingerprint density at radius 3 is 1.57 bits per heavy atom. The SMILES string of the molecule is Cc1ccc2[nH]c3c(-c4cccc(-c5cc(-c6ccc(C(C)(C)C)cc6)cc(-c6ccc(C(C)(C)C)cc6)c5)n4)cc(C)cc3c2c1. The molecule has 2 heteroatoms. The van der Waals surface area contributed by atoms with Gasteiger partial charge in [-0.05, 0) is 118 Å². The Balaban J connectivity index is 1.38. The van der Waals surface area contributed by atoms with E-state index in [-0.39, 0.29) is 10.8 Å². The molecule has 47 heavy (non-hydrogen) atoms. The minimum atomic E-state index is 0.107. The van der Waals surface area contributed by atoms with Gasteiger partial charge in [-0.25, -0.2) is 4.98 Å². The topological polar surface area (TPSA) is 28.7 Å². The minimum Gasteiger partial charge on any atom is -0.354 e. The van der Waals surface area contributed by atoms with Crippen LogP contribution in [-0.2, 0) is 10.8 Å². The average Bonchev–Trinajstić information content (AvgIpc) is 3.41. The standard InChI is InChI=1S/C45H44N2/c1-28-12-21-42-37(22-28)38-23-29(2)24-39(43(38)47-42)41-11-9-10-40(46-41)34-26-32(30-13-17-35(18-14-30)44(3,4)5)25-33(27-34)31-15-19-36(20-16-31)45(6,7)8/h9-27,47H,1-8H3. The lowest BCUT2D eigenvalue weighted by molar-refractivity contribution is 0.590. The zero-order valence-electron chi connectivity index (χ0n) is 28.9. The van der Waals surface area contributed by atoms with E-state index >= 15 is 0 Å². The fourth-order valence-electron chi connectivity index (χ4n) is 6.64. The molecule has 0 aliphatic heterocycles. The van der Waals surface area contributed by atoms with Gasteiger partial charge in [0.25, 0.3) is 0 Å². The van der Waals surface area contributed by atoms with Crippen molar-refractivity contribution in [2.45, 2.75) is 66.2 Å². The van der Waals surface area contributed by atoms with Crippen LogP contribution in [0.4, 0.5) is 0 Å². The minimum absolute atomic E-state index is 0.107. The maximum absolute atomic E-state index is 5.33. The van der Waals surface area contributed by atoms with Gasteiger partial charge in [0.05, 0.1) is 16.9 Å². The van der Waals surface area contributed by atoms with Gasteiger partial charge < -0.3 is 4.98 Å². The van der Waals surface area contributed by atoms with Crippen molar-refractivity contribution >= 4 is 21.8 Å². The summed E-state index contributed by atoms with van der Waals surface area (Å²) in [5.74, 6) is 0. The van der Waals surface area contributed by atoms with E-state index in [2.05, 4.69) is 176 Å². The molecule has 2 nitrogen and oxygen atoms in total. The number of aromatic amines is 1. The van der Waals surface area contributed by atoms with Crippen molar-refractivity contribution in [1.82, 2.24) is 9.97 Å². The molecule has 5 aromatic carbocycles. The lowest BCUT2D eigenvalue weighted by Gasteiger charge is -2.20. The first-order valence-corrected chi connectivity index (χ1v) is 16.7. The Labute approximate surface area is 279 Å². The zero-order valence-corrected chi connectivity index (χ0v) is 28.9. The predicted octanol–water partition coefficient (Wildman–Crippen LogP) is 12.6. The highest BCUT2D eigenvalue weighted by Crippen LogP contribution is 2.37. The monoisotopic (exact) mass is 612 g/mol. The second-order valence-electron chi connectivity index (χ2n) is 15.3. The highest BCUT2D eigenvalue weighted by molar-refractivity contribution is 6.12. The van der Waals surface area contributed by atoms with E-state index in [4.69, 9.17) is 4.98 Å². The summed E-state index contributed by atoms with van der Waals surface area (Å²) in [6, 6.07) is 42.6. The van der Waals surface area contributed by atoms with E-state index < -0.39 is 0 Å². The van der Waals surface area contributed by atoms with Crippen molar-refractivity contribution in [2.24, 2.45) is 0 Å². The average molecular weight is 613 g/mol. The molecule has 0 saturated heterocycles. The molecule has 2 heterocycles. The van der Waals surface area contributed by atoms with Crippen molar-refractivity contribution < 1.29 is 0 Å². The molecule has 234 valence electrons. The van der Waals surface area contributed by atoms with Crippen molar-refractivity contribution in [3.8, 4) is 44.8 Å². The summed E-state index contributed by atoms with van der Waals surface area (Å²) in [5, 5.41) is 2.50. The molecule has 0 saturated carbocycles. The van der Waals surface area contributed by atoms with E-state index in [1.165, 1.54) is 55.3 Å². The number of nitrogens with zero attached hydrogens (tertiary/aromatic N) is 1. The van der Waals surface area contributed by atoms with Crippen LogP contribution in [0.15, 0.2) is 115 Å².